The van der Waals surface area contributed by atoms with Crippen molar-refractivity contribution >= 4 is 22.5 Å². The molecule has 3 rings (SSSR count). The van der Waals surface area contributed by atoms with Gasteiger partial charge in [-0.2, -0.15) is 5.26 Å². The molecule has 0 atom stereocenters. The zero-order valence-corrected chi connectivity index (χ0v) is 14.6. The Morgan fingerprint density at radius 1 is 1.17 bits per heavy atom. The fourth-order valence-corrected chi connectivity index (χ4v) is 3.29. The summed E-state index contributed by atoms with van der Waals surface area (Å²) in [6.45, 7) is 4.81. The maximum absolute atomic E-state index is 9.37. The lowest BCUT2D eigenvalue weighted by molar-refractivity contribution is 0.280. The van der Waals surface area contributed by atoms with Crippen LogP contribution in [0.1, 0.15) is 23.1 Å². The summed E-state index contributed by atoms with van der Waals surface area (Å²) in [5.74, 6) is 0. The SMILES string of the molecule is Cc1cc2c(cc1C#N)c(-c1cccc(C)c1Cl)cn2CCCO. The van der Waals surface area contributed by atoms with Gasteiger partial charge >= 0.3 is 0 Å². The molecule has 3 nitrogen and oxygen atoms in total. The van der Waals surface area contributed by atoms with Gasteiger partial charge in [-0.05, 0) is 43.5 Å². The maximum atomic E-state index is 9.37. The van der Waals surface area contributed by atoms with Crippen molar-refractivity contribution in [3.05, 3.63) is 58.2 Å². The number of nitriles is 1. The second kappa shape index (κ2) is 6.68. The van der Waals surface area contributed by atoms with Crippen molar-refractivity contribution in [2.24, 2.45) is 0 Å². The third-order valence-corrected chi connectivity index (χ3v) is 4.89. The molecule has 0 radical (unpaired) electrons. The summed E-state index contributed by atoms with van der Waals surface area (Å²) in [6, 6.07) is 12.2. The largest absolute Gasteiger partial charge is 0.396 e. The standard InChI is InChI=1S/C20H19ClN2O/c1-13-5-3-6-16(20(13)21)18-12-23(7-4-8-24)19-9-14(2)15(11-22)10-17(18)19/h3,5-6,9-10,12,24H,4,7-8H2,1-2H3. The van der Waals surface area contributed by atoms with Gasteiger partial charge in [0.25, 0.3) is 0 Å². The Hall–Kier alpha value is -2.28. The summed E-state index contributed by atoms with van der Waals surface area (Å²) in [4.78, 5) is 0. The van der Waals surface area contributed by atoms with Crippen LogP contribution in [0.4, 0.5) is 0 Å². The van der Waals surface area contributed by atoms with Gasteiger partial charge in [-0.1, -0.05) is 29.8 Å². The predicted octanol–water partition coefficient (Wildman–Crippen LogP) is 4.83. The smallest absolute Gasteiger partial charge is 0.0994 e. The molecule has 0 unspecified atom stereocenters. The van der Waals surface area contributed by atoms with Crippen molar-refractivity contribution in [2.45, 2.75) is 26.8 Å². The summed E-state index contributed by atoms with van der Waals surface area (Å²) in [6.07, 6.45) is 2.76. The Morgan fingerprint density at radius 3 is 2.67 bits per heavy atom. The molecule has 4 heteroatoms. The van der Waals surface area contributed by atoms with Crippen LogP contribution in [0.5, 0.6) is 0 Å². The Labute approximate surface area is 146 Å². The highest BCUT2D eigenvalue weighted by molar-refractivity contribution is 6.34. The van der Waals surface area contributed by atoms with Crippen molar-refractivity contribution < 1.29 is 5.11 Å². The van der Waals surface area contributed by atoms with Gasteiger partial charge in [0.2, 0.25) is 0 Å². The van der Waals surface area contributed by atoms with Gasteiger partial charge in [0.05, 0.1) is 16.7 Å². The lowest BCUT2D eigenvalue weighted by Gasteiger charge is -2.06. The topological polar surface area (TPSA) is 49.0 Å². The normalized spacial score (nSPS) is 11.0. The van der Waals surface area contributed by atoms with Crippen LogP contribution in [0, 0.1) is 25.2 Å². The molecule has 1 aromatic heterocycles. The predicted molar refractivity (Wildman–Crippen MR) is 98.3 cm³/mol. The summed E-state index contributed by atoms with van der Waals surface area (Å²) in [5.41, 5.74) is 5.71. The second-order valence-electron chi connectivity index (χ2n) is 6.05. The molecule has 0 spiro atoms. The van der Waals surface area contributed by atoms with E-state index in [4.69, 9.17) is 16.7 Å². The van der Waals surface area contributed by atoms with E-state index in [1.54, 1.807) is 0 Å². The van der Waals surface area contributed by atoms with E-state index in [1.165, 1.54) is 0 Å². The van der Waals surface area contributed by atoms with Gasteiger partial charge in [-0.3, -0.25) is 0 Å². The number of aryl methyl sites for hydroxylation is 3. The van der Waals surface area contributed by atoms with Gasteiger partial charge in [-0.15, -0.1) is 0 Å². The minimum Gasteiger partial charge on any atom is -0.396 e. The first-order valence-corrected chi connectivity index (χ1v) is 8.34. The van der Waals surface area contributed by atoms with E-state index in [2.05, 4.69) is 16.8 Å². The number of aliphatic hydroxyl groups is 1. The highest BCUT2D eigenvalue weighted by Crippen LogP contribution is 2.37. The van der Waals surface area contributed by atoms with Gasteiger partial charge in [0, 0.05) is 41.4 Å². The average molecular weight is 339 g/mol. The molecule has 1 heterocycles. The third kappa shape index (κ3) is 2.80. The highest BCUT2D eigenvalue weighted by atomic mass is 35.5. The molecule has 2 aromatic carbocycles. The van der Waals surface area contributed by atoms with Crippen molar-refractivity contribution in [3.8, 4) is 17.2 Å². The van der Waals surface area contributed by atoms with Crippen LogP contribution in [0.3, 0.4) is 0 Å². The van der Waals surface area contributed by atoms with Gasteiger partial charge in [-0.25, -0.2) is 0 Å². The van der Waals surface area contributed by atoms with Crippen LogP contribution >= 0.6 is 11.6 Å². The van der Waals surface area contributed by atoms with Gasteiger partial charge in [0.1, 0.15) is 0 Å². The van der Waals surface area contributed by atoms with Crippen LogP contribution in [0.15, 0.2) is 36.5 Å². The van der Waals surface area contributed by atoms with Crippen molar-refractivity contribution in [1.29, 1.82) is 5.26 Å². The molecular weight excluding hydrogens is 320 g/mol. The maximum Gasteiger partial charge on any atom is 0.0994 e. The molecule has 0 amide bonds. The molecule has 0 saturated carbocycles. The number of fused-ring (bicyclic) bond motifs is 1. The monoisotopic (exact) mass is 338 g/mol. The Kier molecular flexibility index (Phi) is 4.62. The molecule has 0 fully saturated rings. The average Bonchev–Trinajstić information content (AvgIpc) is 2.92. The minimum absolute atomic E-state index is 0.148. The first-order valence-electron chi connectivity index (χ1n) is 7.96. The number of hydrogen-bond acceptors (Lipinski definition) is 2. The molecular formula is C20H19ClN2O. The highest BCUT2D eigenvalue weighted by Gasteiger charge is 2.15. The van der Waals surface area contributed by atoms with E-state index >= 15 is 0 Å². The van der Waals surface area contributed by atoms with Crippen LogP contribution in [-0.2, 0) is 6.54 Å². The Balaban J connectivity index is 2.31. The van der Waals surface area contributed by atoms with Gasteiger partial charge < -0.3 is 9.67 Å². The Morgan fingerprint density at radius 2 is 1.96 bits per heavy atom. The van der Waals surface area contributed by atoms with E-state index in [1.807, 2.05) is 44.2 Å². The molecule has 0 aliphatic heterocycles. The summed E-state index contributed by atoms with van der Waals surface area (Å²) in [5, 5.41) is 20.3. The lowest BCUT2D eigenvalue weighted by atomic mass is 10.00. The molecule has 0 aliphatic carbocycles. The zero-order valence-electron chi connectivity index (χ0n) is 13.8. The molecule has 24 heavy (non-hydrogen) atoms. The first kappa shape index (κ1) is 16.6. The third-order valence-electron chi connectivity index (χ3n) is 4.39. The number of nitrogens with zero attached hydrogens (tertiary/aromatic N) is 2. The molecule has 0 aliphatic rings. The molecule has 122 valence electrons. The van der Waals surface area contributed by atoms with Crippen molar-refractivity contribution in [3.63, 3.8) is 0 Å². The van der Waals surface area contributed by atoms with Gasteiger partial charge in [0.15, 0.2) is 0 Å². The molecule has 0 bridgehead atoms. The number of aliphatic hydroxyl groups excluding tert-OH is 1. The number of halogens is 1. The first-order chi connectivity index (χ1) is 11.6. The van der Waals surface area contributed by atoms with Crippen LogP contribution in [0.25, 0.3) is 22.0 Å². The number of hydrogen-bond donors (Lipinski definition) is 1. The molecule has 1 N–H and O–H groups in total. The van der Waals surface area contributed by atoms with E-state index in [9.17, 15) is 5.26 Å². The second-order valence-corrected chi connectivity index (χ2v) is 6.42. The summed E-state index contributed by atoms with van der Waals surface area (Å²) < 4.78 is 2.13. The van der Waals surface area contributed by atoms with Crippen LogP contribution in [-0.4, -0.2) is 16.3 Å². The quantitative estimate of drug-likeness (QED) is 0.740. The van der Waals surface area contributed by atoms with Crippen LogP contribution in [0.2, 0.25) is 5.02 Å². The van der Waals surface area contributed by atoms with E-state index in [0.29, 0.717) is 12.0 Å². The molecule has 0 saturated heterocycles. The van der Waals surface area contributed by atoms with E-state index in [-0.39, 0.29) is 6.61 Å². The fourth-order valence-electron chi connectivity index (χ4n) is 3.06. The van der Waals surface area contributed by atoms with E-state index in [0.717, 1.165) is 44.7 Å². The number of aromatic nitrogens is 1. The zero-order chi connectivity index (χ0) is 17.3. The van der Waals surface area contributed by atoms with E-state index < -0.39 is 0 Å². The Bertz CT molecular complexity index is 950. The summed E-state index contributed by atoms with van der Waals surface area (Å²) in [7, 11) is 0. The summed E-state index contributed by atoms with van der Waals surface area (Å²) >= 11 is 6.53. The minimum atomic E-state index is 0.148. The molecule has 3 aromatic rings. The number of benzene rings is 2. The fraction of sp³-hybridized carbons (Fsp3) is 0.250. The van der Waals surface area contributed by atoms with Crippen molar-refractivity contribution in [2.75, 3.05) is 6.61 Å². The lowest BCUT2D eigenvalue weighted by Crippen LogP contribution is -1.98. The van der Waals surface area contributed by atoms with Crippen molar-refractivity contribution in [1.82, 2.24) is 4.57 Å². The van der Waals surface area contributed by atoms with Crippen LogP contribution < -0.4 is 0 Å². The number of rotatable bonds is 4.